The number of azo groups is 1. The summed E-state index contributed by atoms with van der Waals surface area (Å²) >= 11 is 0. The van der Waals surface area contributed by atoms with Crippen molar-refractivity contribution in [3.63, 3.8) is 0 Å². The predicted octanol–water partition coefficient (Wildman–Crippen LogP) is 3.23. The fraction of sp³-hybridized carbons (Fsp3) is 0.231. The third kappa shape index (κ3) is 2.93. The lowest BCUT2D eigenvalue weighted by atomic mass is 10.2. The van der Waals surface area contributed by atoms with E-state index in [4.69, 9.17) is 0 Å². The standard InChI is InChI=1S/C13H16N4/c1-11-4-6-12(7-5-11)14-15-13-10-16(2)8-9-17(13)3/h4-10H,1-3H3. The molecule has 0 bridgehead atoms. The van der Waals surface area contributed by atoms with Crippen molar-refractivity contribution in [1.29, 1.82) is 0 Å². The van der Waals surface area contributed by atoms with E-state index in [-0.39, 0.29) is 0 Å². The second-order valence-corrected chi connectivity index (χ2v) is 4.10. The average Bonchev–Trinajstić information content (AvgIpc) is 2.32. The molecule has 4 nitrogen and oxygen atoms in total. The fourth-order valence-corrected chi connectivity index (χ4v) is 1.41. The van der Waals surface area contributed by atoms with Crippen LogP contribution < -0.4 is 0 Å². The molecule has 0 N–H and O–H groups in total. The molecule has 1 aromatic carbocycles. The van der Waals surface area contributed by atoms with Crippen molar-refractivity contribution in [2.45, 2.75) is 6.92 Å². The Balaban J connectivity index is 2.13. The van der Waals surface area contributed by atoms with Crippen LogP contribution in [-0.4, -0.2) is 23.9 Å². The molecule has 0 aromatic heterocycles. The third-order valence-corrected chi connectivity index (χ3v) is 2.51. The van der Waals surface area contributed by atoms with Crippen molar-refractivity contribution in [2.75, 3.05) is 14.1 Å². The highest BCUT2D eigenvalue weighted by Crippen LogP contribution is 2.17. The quantitative estimate of drug-likeness (QED) is 0.728. The SMILES string of the molecule is Cc1ccc(N=NC2=CN(C)C=CN2C)cc1. The third-order valence-electron chi connectivity index (χ3n) is 2.51. The molecule has 0 saturated heterocycles. The molecule has 88 valence electrons. The van der Waals surface area contributed by atoms with Crippen molar-refractivity contribution in [3.05, 3.63) is 54.2 Å². The smallest absolute Gasteiger partial charge is 0.171 e. The lowest BCUT2D eigenvalue weighted by Crippen LogP contribution is -2.18. The highest BCUT2D eigenvalue weighted by molar-refractivity contribution is 5.37. The maximum absolute atomic E-state index is 4.23. The van der Waals surface area contributed by atoms with Crippen LogP contribution in [0.5, 0.6) is 0 Å². The van der Waals surface area contributed by atoms with Gasteiger partial charge in [-0.05, 0) is 19.1 Å². The zero-order chi connectivity index (χ0) is 12.3. The monoisotopic (exact) mass is 228 g/mol. The van der Waals surface area contributed by atoms with E-state index >= 15 is 0 Å². The fourth-order valence-electron chi connectivity index (χ4n) is 1.41. The molecule has 1 aliphatic rings. The minimum Gasteiger partial charge on any atom is -0.352 e. The molecule has 0 amide bonds. The molecule has 0 fully saturated rings. The van der Waals surface area contributed by atoms with Crippen LogP contribution in [-0.2, 0) is 0 Å². The summed E-state index contributed by atoms with van der Waals surface area (Å²) in [5, 5.41) is 8.44. The Hall–Kier alpha value is -2.10. The maximum atomic E-state index is 4.23. The van der Waals surface area contributed by atoms with Crippen LogP contribution in [0.3, 0.4) is 0 Å². The van der Waals surface area contributed by atoms with Gasteiger partial charge >= 0.3 is 0 Å². The Morgan fingerprint density at radius 1 is 0.941 bits per heavy atom. The summed E-state index contributed by atoms with van der Waals surface area (Å²) in [5.41, 5.74) is 2.09. The highest BCUT2D eigenvalue weighted by Gasteiger charge is 2.05. The van der Waals surface area contributed by atoms with Crippen molar-refractivity contribution < 1.29 is 0 Å². The first-order chi connectivity index (χ1) is 8.15. The second-order valence-electron chi connectivity index (χ2n) is 4.10. The number of hydrogen-bond donors (Lipinski definition) is 0. The van der Waals surface area contributed by atoms with Gasteiger partial charge in [0.1, 0.15) is 0 Å². The largest absolute Gasteiger partial charge is 0.352 e. The number of benzene rings is 1. The summed E-state index contributed by atoms with van der Waals surface area (Å²) in [6.07, 6.45) is 5.84. The van der Waals surface area contributed by atoms with Crippen molar-refractivity contribution in [1.82, 2.24) is 9.80 Å². The normalized spacial score (nSPS) is 15.6. The van der Waals surface area contributed by atoms with Gasteiger partial charge < -0.3 is 9.80 Å². The van der Waals surface area contributed by atoms with E-state index in [2.05, 4.69) is 17.2 Å². The van der Waals surface area contributed by atoms with Crippen molar-refractivity contribution in [3.8, 4) is 0 Å². The van der Waals surface area contributed by atoms with E-state index in [1.54, 1.807) is 0 Å². The summed E-state index contributed by atoms with van der Waals surface area (Å²) in [5.74, 6) is 0.815. The Labute approximate surface area is 102 Å². The lowest BCUT2D eigenvalue weighted by Gasteiger charge is -2.21. The van der Waals surface area contributed by atoms with Crippen LogP contribution >= 0.6 is 0 Å². The molecule has 0 saturated carbocycles. The van der Waals surface area contributed by atoms with E-state index in [0.717, 1.165) is 11.5 Å². The zero-order valence-corrected chi connectivity index (χ0v) is 10.3. The van der Waals surface area contributed by atoms with Crippen LogP contribution in [0.1, 0.15) is 5.56 Å². The molecular weight excluding hydrogens is 212 g/mol. The summed E-state index contributed by atoms with van der Waals surface area (Å²) in [6, 6.07) is 7.97. The number of rotatable bonds is 2. The summed E-state index contributed by atoms with van der Waals surface area (Å²) in [6.45, 7) is 2.05. The van der Waals surface area contributed by atoms with E-state index in [9.17, 15) is 0 Å². The van der Waals surface area contributed by atoms with E-state index in [0.29, 0.717) is 0 Å². The first kappa shape index (κ1) is 11.4. The van der Waals surface area contributed by atoms with E-state index in [1.165, 1.54) is 5.56 Å². The van der Waals surface area contributed by atoms with Gasteiger partial charge in [0.25, 0.3) is 0 Å². The van der Waals surface area contributed by atoms with Crippen LogP contribution in [0.2, 0.25) is 0 Å². The molecule has 1 aliphatic heterocycles. The first-order valence-corrected chi connectivity index (χ1v) is 5.48. The second kappa shape index (κ2) is 4.82. The van der Waals surface area contributed by atoms with Crippen molar-refractivity contribution >= 4 is 5.69 Å². The molecule has 0 spiro atoms. The van der Waals surface area contributed by atoms with Gasteiger partial charge in [0.15, 0.2) is 5.82 Å². The van der Waals surface area contributed by atoms with Gasteiger partial charge in [-0.1, -0.05) is 17.7 Å². The molecule has 2 rings (SSSR count). The molecule has 1 aromatic rings. The summed E-state index contributed by atoms with van der Waals surface area (Å²) in [7, 11) is 3.91. The molecule has 0 unspecified atom stereocenters. The Morgan fingerprint density at radius 2 is 1.65 bits per heavy atom. The molecule has 0 radical (unpaired) electrons. The average molecular weight is 228 g/mol. The summed E-state index contributed by atoms with van der Waals surface area (Å²) < 4.78 is 0. The van der Waals surface area contributed by atoms with Crippen LogP contribution in [0.15, 0.2) is 58.9 Å². The Kier molecular flexibility index (Phi) is 3.23. The van der Waals surface area contributed by atoms with Gasteiger partial charge in [-0.25, -0.2) is 0 Å². The molecule has 4 heteroatoms. The van der Waals surface area contributed by atoms with Crippen LogP contribution in [0.25, 0.3) is 0 Å². The minimum atomic E-state index is 0.815. The number of nitrogens with zero attached hydrogens (tertiary/aromatic N) is 4. The molecule has 1 heterocycles. The van der Waals surface area contributed by atoms with E-state index < -0.39 is 0 Å². The van der Waals surface area contributed by atoms with Gasteiger partial charge in [0.2, 0.25) is 0 Å². The Morgan fingerprint density at radius 3 is 2.35 bits per heavy atom. The number of aryl methyl sites for hydroxylation is 1. The highest BCUT2D eigenvalue weighted by atomic mass is 15.3. The van der Waals surface area contributed by atoms with Gasteiger partial charge in [-0.3, -0.25) is 0 Å². The molecule has 17 heavy (non-hydrogen) atoms. The summed E-state index contributed by atoms with van der Waals surface area (Å²) in [4.78, 5) is 3.88. The topological polar surface area (TPSA) is 31.2 Å². The van der Waals surface area contributed by atoms with Gasteiger partial charge in [0, 0.05) is 32.7 Å². The predicted molar refractivity (Wildman–Crippen MR) is 68.4 cm³/mol. The van der Waals surface area contributed by atoms with Crippen LogP contribution in [0, 0.1) is 6.92 Å². The minimum absolute atomic E-state index is 0.815. The lowest BCUT2D eigenvalue weighted by molar-refractivity contribution is 0.471. The van der Waals surface area contributed by atoms with Gasteiger partial charge in [-0.2, -0.15) is 0 Å². The maximum Gasteiger partial charge on any atom is 0.171 e. The Bertz CT molecular complexity index is 471. The van der Waals surface area contributed by atoms with E-state index in [1.807, 2.05) is 66.8 Å². The number of hydrogen-bond acceptors (Lipinski definition) is 4. The van der Waals surface area contributed by atoms with Gasteiger partial charge in [0.05, 0.1) is 5.69 Å². The molecule has 0 aliphatic carbocycles. The molecule has 0 atom stereocenters. The van der Waals surface area contributed by atoms with Gasteiger partial charge in [-0.15, -0.1) is 10.2 Å². The zero-order valence-electron chi connectivity index (χ0n) is 10.3. The molecular formula is C13H16N4. The first-order valence-electron chi connectivity index (χ1n) is 5.48. The van der Waals surface area contributed by atoms with Crippen molar-refractivity contribution in [2.24, 2.45) is 10.2 Å². The van der Waals surface area contributed by atoms with Crippen LogP contribution in [0.4, 0.5) is 5.69 Å².